The largest absolute Gasteiger partial charge is 0.493 e. The van der Waals surface area contributed by atoms with Crippen LogP contribution in [0.1, 0.15) is 24.4 Å². The van der Waals surface area contributed by atoms with E-state index in [1.54, 1.807) is 24.3 Å². The first kappa shape index (κ1) is 21.3. The summed E-state index contributed by atoms with van der Waals surface area (Å²) >= 11 is 0. The van der Waals surface area contributed by atoms with Gasteiger partial charge in [0.2, 0.25) is 11.7 Å². The summed E-state index contributed by atoms with van der Waals surface area (Å²) < 4.78 is 19.9. The number of amides is 1. The zero-order valence-corrected chi connectivity index (χ0v) is 17.3. The number of nitrogens with two attached hydrogens (primary N) is 1. The average molecular weight is 436 g/mol. The van der Waals surface area contributed by atoms with Gasteiger partial charge < -0.3 is 21.1 Å². The van der Waals surface area contributed by atoms with Crippen LogP contribution >= 0.6 is 0 Å². The van der Waals surface area contributed by atoms with Crippen LogP contribution in [0.5, 0.6) is 5.75 Å². The Morgan fingerprint density at radius 1 is 1.41 bits per heavy atom. The van der Waals surface area contributed by atoms with E-state index < -0.39 is 11.6 Å². The van der Waals surface area contributed by atoms with Gasteiger partial charge in [-0.2, -0.15) is 4.98 Å². The van der Waals surface area contributed by atoms with Crippen LogP contribution < -0.4 is 21.1 Å². The van der Waals surface area contributed by atoms with E-state index in [1.807, 2.05) is 0 Å². The number of allylic oxidation sites excluding steroid dienone is 3. The van der Waals surface area contributed by atoms with Crippen molar-refractivity contribution < 1.29 is 18.7 Å². The van der Waals surface area contributed by atoms with Gasteiger partial charge in [0.05, 0.1) is 12.8 Å². The van der Waals surface area contributed by atoms with Crippen molar-refractivity contribution in [3.05, 3.63) is 59.6 Å². The highest BCUT2D eigenvalue weighted by atomic mass is 19.1. The summed E-state index contributed by atoms with van der Waals surface area (Å²) in [5.74, 6) is -0.977. The minimum atomic E-state index is -0.682. The molecule has 1 atom stereocenters. The molecule has 1 aliphatic carbocycles. The molecule has 2 aromatic rings. The van der Waals surface area contributed by atoms with E-state index in [4.69, 9.17) is 10.5 Å². The number of aliphatic imine (C=N–C) groups is 1. The third kappa shape index (κ3) is 4.54. The van der Waals surface area contributed by atoms with Crippen molar-refractivity contribution in [2.75, 3.05) is 19.0 Å². The van der Waals surface area contributed by atoms with Gasteiger partial charge >= 0.3 is 0 Å². The minimum Gasteiger partial charge on any atom is -0.493 e. The van der Waals surface area contributed by atoms with Crippen LogP contribution in [0, 0.1) is 5.82 Å². The number of hydrogen-bond donors (Lipinski definition) is 3. The van der Waals surface area contributed by atoms with Gasteiger partial charge in [-0.15, -0.1) is 0 Å². The molecule has 1 aromatic carbocycles. The van der Waals surface area contributed by atoms with Crippen LogP contribution in [0.25, 0.3) is 0 Å². The van der Waals surface area contributed by atoms with Crippen molar-refractivity contribution in [3.63, 3.8) is 0 Å². The highest BCUT2D eigenvalue weighted by Gasteiger charge is 2.21. The van der Waals surface area contributed by atoms with Crippen LogP contribution in [0.4, 0.5) is 21.8 Å². The lowest BCUT2D eigenvalue weighted by Crippen LogP contribution is -2.22. The quantitative estimate of drug-likeness (QED) is 0.627. The van der Waals surface area contributed by atoms with E-state index in [-0.39, 0.29) is 29.4 Å². The second kappa shape index (κ2) is 9.06. The molecule has 9 nitrogen and oxygen atoms in total. The van der Waals surface area contributed by atoms with Crippen molar-refractivity contribution >= 4 is 34.9 Å². The monoisotopic (exact) mass is 436 g/mol. The normalized spacial score (nSPS) is 20.1. The molecule has 1 unspecified atom stereocenters. The molecule has 0 saturated heterocycles. The highest BCUT2D eigenvalue weighted by Crippen LogP contribution is 2.33. The fraction of sp³-hybridized carbons (Fsp3) is 0.227. The standard InChI is InChI=1S/C22H21FN6O3/c1-25-19(30)9-12-3-2-4-17(20(12)31)28-22-26-11-15(23)21(29-22)27-13-5-6-18-14(10-13)16(24)7-8-32-18/h2,4-6,9-11,16H,3,7-8,24H2,1H3,(H,25,30)(H,26,27,29). The molecule has 0 bridgehead atoms. The van der Waals surface area contributed by atoms with E-state index >= 15 is 0 Å². The maximum Gasteiger partial charge on any atom is 0.252 e. The third-order valence-electron chi connectivity index (χ3n) is 5.00. The third-order valence-corrected chi connectivity index (χ3v) is 5.00. The molecular formula is C22H21FN6O3. The first-order chi connectivity index (χ1) is 15.4. The van der Waals surface area contributed by atoms with Gasteiger partial charge in [-0.3, -0.25) is 9.59 Å². The van der Waals surface area contributed by atoms with E-state index in [2.05, 4.69) is 25.6 Å². The topological polar surface area (TPSA) is 132 Å². The summed E-state index contributed by atoms with van der Waals surface area (Å²) in [7, 11) is 1.47. The Morgan fingerprint density at radius 2 is 2.25 bits per heavy atom. The molecule has 0 spiro atoms. The van der Waals surface area contributed by atoms with Crippen LogP contribution in [0.3, 0.4) is 0 Å². The lowest BCUT2D eigenvalue weighted by molar-refractivity contribution is -0.116. The number of halogens is 1. The maximum absolute atomic E-state index is 14.4. The molecule has 32 heavy (non-hydrogen) atoms. The first-order valence-electron chi connectivity index (χ1n) is 9.98. The Hall–Kier alpha value is -3.92. The van der Waals surface area contributed by atoms with Crippen molar-refractivity contribution in [1.82, 2.24) is 15.3 Å². The summed E-state index contributed by atoms with van der Waals surface area (Å²) in [6.07, 6.45) is 6.43. The number of ketones is 1. The summed E-state index contributed by atoms with van der Waals surface area (Å²) in [5, 5.41) is 5.33. The number of aromatic nitrogens is 2. The number of rotatable bonds is 4. The molecule has 0 fully saturated rings. The average Bonchev–Trinajstić information content (AvgIpc) is 2.79. The summed E-state index contributed by atoms with van der Waals surface area (Å²) in [4.78, 5) is 36.3. The first-order valence-corrected chi connectivity index (χ1v) is 9.98. The Kier molecular flexibility index (Phi) is 6.04. The van der Waals surface area contributed by atoms with Gasteiger partial charge in [-0.05, 0) is 30.7 Å². The molecule has 164 valence electrons. The van der Waals surface area contributed by atoms with Gasteiger partial charge in [0, 0.05) is 42.4 Å². The summed E-state index contributed by atoms with van der Waals surface area (Å²) in [6, 6.07) is 5.12. The molecule has 10 heteroatoms. The van der Waals surface area contributed by atoms with Gasteiger partial charge in [0.1, 0.15) is 11.5 Å². The van der Waals surface area contributed by atoms with Gasteiger partial charge in [0.25, 0.3) is 5.95 Å². The molecular weight excluding hydrogens is 415 g/mol. The number of nitrogens with one attached hydrogen (secondary N) is 2. The van der Waals surface area contributed by atoms with Gasteiger partial charge in [-0.1, -0.05) is 6.08 Å². The Bertz CT molecular complexity index is 1170. The fourth-order valence-corrected chi connectivity index (χ4v) is 3.32. The number of ether oxygens (including phenoxy) is 1. The summed E-state index contributed by atoms with van der Waals surface area (Å²) in [5.41, 5.74) is 7.88. The number of carbonyl (C=O) groups is 2. The van der Waals surface area contributed by atoms with E-state index in [0.29, 0.717) is 36.5 Å². The number of fused-ring (bicyclic) bond motifs is 1. The van der Waals surface area contributed by atoms with Crippen LogP contribution in [-0.2, 0) is 9.59 Å². The Morgan fingerprint density at radius 3 is 3.06 bits per heavy atom. The lowest BCUT2D eigenvalue weighted by Gasteiger charge is -2.23. The van der Waals surface area contributed by atoms with Crippen molar-refractivity contribution in [1.29, 1.82) is 0 Å². The number of nitrogens with zero attached hydrogens (tertiary/aromatic N) is 3. The second-order valence-corrected chi connectivity index (χ2v) is 7.20. The summed E-state index contributed by atoms with van der Waals surface area (Å²) in [6.45, 7) is 0.554. The van der Waals surface area contributed by atoms with E-state index in [9.17, 15) is 14.0 Å². The molecule has 1 amide bonds. The number of likely N-dealkylation sites (N-methyl/N-ethyl adjacent to an activating group) is 1. The molecule has 2 aliphatic rings. The van der Waals surface area contributed by atoms with Crippen molar-refractivity contribution in [2.45, 2.75) is 18.9 Å². The highest BCUT2D eigenvalue weighted by molar-refractivity contribution is 6.51. The zero-order valence-electron chi connectivity index (χ0n) is 17.3. The molecule has 0 radical (unpaired) electrons. The van der Waals surface area contributed by atoms with Crippen LogP contribution in [0.2, 0.25) is 0 Å². The van der Waals surface area contributed by atoms with E-state index in [0.717, 1.165) is 11.8 Å². The van der Waals surface area contributed by atoms with Crippen molar-refractivity contribution in [3.8, 4) is 5.75 Å². The van der Waals surface area contributed by atoms with Crippen molar-refractivity contribution in [2.24, 2.45) is 10.7 Å². The predicted octanol–water partition coefficient (Wildman–Crippen LogP) is 2.42. The van der Waals surface area contributed by atoms with E-state index in [1.165, 1.54) is 19.2 Å². The number of anilines is 2. The maximum atomic E-state index is 14.4. The molecule has 1 aliphatic heterocycles. The number of hydrogen-bond acceptors (Lipinski definition) is 8. The molecule has 0 saturated carbocycles. The number of benzene rings is 1. The predicted molar refractivity (Wildman–Crippen MR) is 117 cm³/mol. The second-order valence-electron chi connectivity index (χ2n) is 7.20. The number of carbonyl (C=O) groups excluding carboxylic acids is 2. The number of Topliss-reactive ketones (excluding diaryl/α,β-unsaturated/α-hetero) is 1. The Labute approximate surface area is 183 Å². The molecule has 4 N–H and O–H groups in total. The van der Waals surface area contributed by atoms with Gasteiger partial charge in [-0.25, -0.2) is 14.4 Å². The lowest BCUT2D eigenvalue weighted by atomic mass is 9.97. The molecule has 2 heterocycles. The molecule has 4 rings (SSSR count). The van der Waals surface area contributed by atoms with Crippen LogP contribution in [-0.4, -0.2) is 41.0 Å². The Balaban J connectivity index is 1.60. The minimum absolute atomic E-state index is 0.0564. The fourth-order valence-electron chi connectivity index (χ4n) is 3.32. The van der Waals surface area contributed by atoms with Gasteiger partial charge in [0.15, 0.2) is 11.6 Å². The SMILES string of the molecule is CNC(=O)C=C1CC=CC(=Nc2ncc(F)c(Nc3ccc4c(c3)C(N)CCO4)n2)C1=O. The smallest absolute Gasteiger partial charge is 0.252 e. The zero-order chi connectivity index (χ0) is 22.7. The molecule has 1 aromatic heterocycles. The van der Waals surface area contributed by atoms with Crippen LogP contribution in [0.15, 0.2) is 53.2 Å².